The molecule has 236 valence electrons. The highest BCUT2D eigenvalue weighted by atomic mass is 15.0. The number of hydrogen-bond acceptors (Lipinski definition) is 2. The minimum absolute atomic E-state index is 0.725. The fraction of sp³-hybridized carbons (Fsp3) is 0. The van der Waals surface area contributed by atoms with Gasteiger partial charge in [0.15, 0.2) is 5.82 Å². The average Bonchev–Trinajstić information content (AvgIpc) is 3.56. The van der Waals surface area contributed by atoms with E-state index in [9.17, 15) is 0 Å². The van der Waals surface area contributed by atoms with Crippen LogP contribution in [0.15, 0.2) is 176 Å². The third-order valence-electron chi connectivity index (χ3n) is 10.5. The molecule has 2 aromatic heterocycles. The molecule has 0 N–H and O–H groups in total. The van der Waals surface area contributed by atoms with Gasteiger partial charge in [-0.05, 0) is 56.6 Å². The molecule has 0 unspecified atom stereocenters. The zero-order valence-corrected chi connectivity index (χ0v) is 27.6. The summed E-state index contributed by atoms with van der Waals surface area (Å²) in [6.07, 6.45) is 0. The average molecular weight is 648 g/mol. The lowest BCUT2D eigenvalue weighted by molar-refractivity contribution is 1.18. The standard InChI is InChI=1S/C48H29N3/c1-2-15-30(16-3-1)48-49-41-27-12-10-25-39(41)46(50-48)31-17-14-18-32(29-31)51-42-28-13-11-26-40(42)45-44-36-22-7-5-20-34(36)33-19-4-6-21-35(33)43(44)37-23-8-9-24-38(37)47(45)51/h1-29H. The number of fused-ring (bicyclic) bond motifs is 14. The Morgan fingerprint density at radius 1 is 0.353 bits per heavy atom. The van der Waals surface area contributed by atoms with Crippen molar-refractivity contribution in [2.75, 3.05) is 0 Å². The number of rotatable bonds is 3. The van der Waals surface area contributed by atoms with Crippen LogP contribution in [0.25, 0.3) is 104 Å². The third kappa shape index (κ3) is 4.06. The molecule has 0 aliphatic heterocycles. The van der Waals surface area contributed by atoms with Gasteiger partial charge < -0.3 is 4.57 Å². The first-order chi connectivity index (χ1) is 25.3. The first kappa shape index (κ1) is 28.0. The van der Waals surface area contributed by atoms with Crippen LogP contribution in [-0.2, 0) is 0 Å². The molecule has 0 atom stereocenters. The van der Waals surface area contributed by atoms with Gasteiger partial charge in [0, 0.05) is 43.7 Å². The maximum absolute atomic E-state index is 5.22. The maximum atomic E-state index is 5.22. The van der Waals surface area contributed by atoms with Crippen LogP contribution >= 0.6 is 0 Å². The van der Waals surface area contributed by atoms with Gasteiger partial charge in [-0.2, -0.15) is 0 Å². The van der Waals surface area contributed by atoms with Gasteiger partial charge >= 0.3 is 0 Å². The van der Waals surface area contributed by atoms with E-state index in [1.54, 1.807) is 0 Å². The van der Waals surface area contributed by atoms with Crippen LogP contribution in [0, 0.1) is 0 Å². The Morgan fingerprint density at radius 3 is 1.65 bits per heavy atom. The summed E-state index contributed by atoms with van der Waals surface area (Å²) in [6.45, 7) is 0. The van der Waals surface area contributed by atoms with Crippen molar-refractivity contribution in [2.45, 2.75) is 0 Å². The second-order valence-corrected chi connectivity index (χ2v) is 13.3. The van der Waals surface area contributed by atoms with Gasteiger partial charge in [0.25, 0.3) is 0 Å². The molecule has 0 aliphatic rings. The van der Waals surface area contributed by atoms with Crippen molar-refractivity contribution in [3.63, 3.8) is 0 Å². The first-order valence-corrected chi connectivity index (χ1v) is 17.4. The van der Waals surface area contributed by atoms with Gasteiger partial charge in [-0.15, -0.1) is 0 Å². The predicted molar refractivity (Wildman–Crippen MR) is 215 cm³/mol. The van der Waals surface area contributed by atoms with Crippen molar-refractivity contribution in [2.24, 2.45) is 0 Å². The molecule has 11 rings (SSSR count). The van der Waals surface area contributed by atoms with Crippen LogP contribution in [0.1, 0.15) is 0 Å². The fourth-order valence-electron chi connectivity index (χ4n) is 8.41. The maximum Gasteiger partial charge on any atom is 0.160 e. The van der Waals surface area contributed by atoms with Gasteiger partial charge in [0.05, 0.1) is 22.2 Å². The predicted octanol–water partition coefficient (Wildman–Crippen LogP) is 12.7. The van der Waals surface area contributed by atoms with E-state index >= 15 is 0 Å². The van der Waals surface area contributed by atoms with Crippen LogP contribution < -0.4 is 0 Å². The zero-order valence-electron chi connectivity index (χ0n) is 27.6. The minimum atomic E-state index is 0.725. The summed E-state index contributed by atoms with van der Waals surface area (Å²) in [6, 6.07) is 63.1. The van der Waals surface area contributed by atoms with Gasteiger partial charge in [-0.25, -0.2) is 9.97 Å². The monoisotopic (exact) mass is 647 g/mol. The van der Waals surface area contributed by atoms with Crippen LogP contribution in [0.4, 0.5) is 0 Å². The molecule has 0 saturated heterocycles. The number of nitrogens with zero attached hydrogens (tertiary/aromatic N) is 3. The Kier molecular flexibility index (Phi) is 5.96. The molecule has 51 heavy (non-hydrogen) atoms. The van der Waals surface area contributed by atoms with Crippen LogP contribution in [0.5, 0.6) is 0 Å². The highest BCUT2D eigenvalue weighted by molar-refractivity contribution is 6.42. The number of hydrogen-bond donors (Lipinski definition) is 0. The van der Waals surface area contributed by atoms with E-state index in [0.29, 0.717) is 0 Å². The summed E-state index contributed by atoms with van der Waals surface area (Å²) in [5.41, 5.74) is 7.40. The van der Waals surface area contributed by atoms with Crippen molar-refractivity contribution >= 4 is 75.8 Å². The number of benzene rings is 9. The van der Waals surface area contributed by atoms with Gasteiger partial charge in [0.1, 0.15) is 0 Å². The fourth-order valence-corrected chi connectivity index (χ4v) is 8.41. The summed E-state index contributed by atoms with van der Waals surface area (Å²) < 4.78 is 2.47. The molecule has 3 heteroatoms. The molecule has 0 spiro atoms. The van der Waals surface area contributed by atoms with Crippen molar-refractivity contribution in [1.29, 1.82) is 0 Å². The minimum Gasteiger partial charge on any atom is -0.309 e. The summed E-state index contributed by atoms with van der Waals surface area (Å²) in [4.78, 5) is 10.2. The molecule has 0 saturated carbocycles. The molecule has 11 aromatic rings. The highest BCUT2D eigenvalue weighted by Crippen LogP contribution is 2.47. The topological polar surface area (TPSA) is 30.7 Å². The van der Waals surface area contributed by atoms with Crippen molar-refractivity contribution in [3.8, 4) is 28.3 Å². The van der Waals surface area contributed by atoms with E-state index < -0.39 is 0 Å². The Hall–Kier alpha value is -6.84. The van der Waals surface area contributed by atoms with Gasteiger partial charge in [-0.1, -0.05) is 152 Å². The SMILES string of the molecule is c1ccc(-c2nc(-c3cccc(-n4c5ccccc5c5c6c7ccccc7c7ccccc7c6c6ccccc6c54)c3)c3ccccc3n2)cc1. The Labute approximate surface area is 293 Å². The Bertz CT molecular complexity index is 3190. The lowest BCUT2D eigenvalue weighted by Crippen LogP contribution is -1.98. The Morgan fingerprint density at radius 2 is 0.902 bits per heavy atom. The van der Waals surface area contributed by atoms with E-state index in [1.165, 1.54) is 64.9 Å². The quantitative estimate of drug-likeness (QED) is 0.179. The molecule has 0 fully saturated rings. The Balaban J connectivity index is 1.29. The molecule has 3 nitrogen and oxygen atoms in total. The summed E-state index contributed by atoms with van der Waals surface area (Å²) in [5, 5.41) is 13.8. The second kappa shape index (κ2) is 10.8. The molecule has 9 aromatic carbocycles. The van der Waals surface area contributed by atoms with Crippen molar-refractivity contribution < 1.29 is 0 Å². The van der Waals surface area contributed by atoms with Crippen molar-refractivity contribution in [1.82, 2.24) is 14.5 Å². The van der Waals surface area contributed by atoms with Crippen molar-refractivity contribution in [3.05, 3.63) is 176 Å². The number of para-hydroxylation sites is 2. The summed E-state index contributed by atoms with van der Waals surface area (Å²) in [7, 11) is 0. The summed E-state index contributed by atoms with van der Waals surface area (Å²) >= 11 is 0. The van der Waals surface area contributed by atoms with E-state index in [4.69, 9.17) is 9.97 Å². The molecule has 0 bridgehead atoms. The van der Waals surface area contributed by atoms with E-state index in [0.717, 1.165) is 39.2 Å². The lowest BCUT2D eigenvalue weighted by atomic mass is 9.88. The molecular formula is C48H29N3. The molecule has 0 aliphatic carbocycles. The molecule has 0 radical (unpaired) electrons. The third-order valence-corrected chi connectivity index (χ3v) is 10.5. The van der Waals surface area contributed by atoms with E-state index in [2.05, 4.69) is 156 Å². The van der Waals surface area contributed by atoms with Gasteiger partial charge in [-0.3, -0.25) is 0 Å². The first-order valence-electron chi connectivity index (χ1n) is 17.4. The molecule has 2 heterocycles. The van der Waals surface area contributed by atoms with Crippen LogP contribution in [-0.4, -0.2) is 14.5 Å². The number of aromatic nitrogens is 3. The lowest BCUT2D eigenvalue weighted by Gasteiger charge is -2.17. The smallest absolute Gasteiger partial charge is 0.160 e. The van der Waals surface area contributed by atoms with Crippen LogP contribution in [0.2, 0.25) is 0 Å². The van der Waals surface area contributed by atoms with E-state index in [-0.39, 0.29) is 0 Å². The van der Waals surface area contributed by atoms with Gasteiger partial charge in [0.2, 0.25) is 0 Å². The largest absolute Gasteiger partial charge is 0.309 e. The zero-order chi connectivity index (χ0) is 33.5. The van der Waals surface area contributed by atoms with E-state index in [1.807, 2.05) is 24.3 Å². The molecule has 0 amide bonds. The molecular weight excluding hydrogens is 619 g/mol. The summed E-state index contributed by atoms with van der Waals surface area (Å²) in [5.74, 6) is 0.725. The highest BCUT2D eigenvalue weighted by Gasteiger charge is 2.22. The normalized spacial score (nSPS) is 11.9. The second-order valence-electron chi connectivity index (χ2n) is 13.3. The van der Waals surface area contributed by atoms with Crippen LogP contribution in [0.3, 0.4) is 0 Å².